The summed E-state index contributed by atoms with van der Waals surface area (Å²) in [6.45, 7) is 2.58. The summed E-state index contributed by atoms with van der Waals surface area (Å²) in [5, 5.41) is 17.6. The fraction of sp³-hybridized carbons (Fsp3) is 0.267. The average molecular weight is 301 g/mol. The molecule has 0 radical (unpaired) electrons. The molecule has 0 aliphatic carbocycles. The van der Waals surface area contributed by atoms with Crippen LogP contribution in [0, 0.1) is 0 Å². The second-order valence-electron chi connectivity index (χ2n) is 5.07. The second kappa shape index (κ2) is 5.61. The zero-order chi connectivity index (χ0) is 15.7. The molecule has 1 aliphatic rings. The Kier molecular flexibility index (Phi) is 3.64. The molecule has 0 saturated heterocycles. The van der Waals surface area contributed by atoms with Gasteiger partial charge in [-0.25, -0.2) is 10.2 Å². The molecule has 0 spiro atoms. The number of carbonyl (C=O) groups is 1. The third-order valence-corrected chi connectivity index (χ3v) is 3.57. The van der Waals surface area contributed by atoms with Gasteiger partial charge in [0.25, 0.3) is 0 Å². The van der Waals surface area contributed by atoms with E-state index in [4.69, 9.17) is 4.42 Å². The van der Waals surface area contributed by atoms with E-state index in [1.807, 2.05) is 0 Å². The Morgan fingerprint density at radius 1 is 1.45 bits per heavy atom. The molecular weight excluding hydrogens is 286 g/mol. The van der Waals surface area contributed by atoms with Crippen molar-refractivity contribution in [1.29, 1.82) is 0 Å². The van der Waals surface area contributed by atoms with Crippen molar-refractivity contribution < 1.29 is 14.3 Å². The SMILES string of the molecule is CC(=O)N/N=C/c1c(O)ccc2c3c(c(=O)oc12)CNCC3. The van der Waals surface area contributed by atoms with Gasteiger partial charge >= 0.3 is 5.63 Å². The third kappa shape index (κ3) is 2.46. The maximum absolute atomic E-state index is 12.1. The van der Waals surface area contributed by atoms with E-state index in [1.54, 1.807) is 6.07 Å². The summed E-state index contributed by atoms with van der Waals surface area (Å²) < 4.78 is 5.37. The number of hydrazone groups is 1. The van der Waals surface area contributed by atoms with Crippen LogP contribution in [0.1, 0.15) is 23.6 Å². The number of aromatic hydroxyl groups is 1. The number of carbonyl (C=O) groups excluding carboxylic acids is 1. The third-order valence-electron chi connectivity index (χ3n) is 3.57. The molecule has 1 amide bonds. The largest absolute Gasteiger partial charge is 0.507 e. The predicted molar refractivity (Wildman–Crippen MR) is 81.0 cm³/mol. The average Bonchev–Trinajstić information content (AvgIpc) is 2.50. The molecule has 1 aromatic heterocycles. The Bertz CT molecular complexity index is 839. The number of fused-ring (bicyclic) bond motifs is 3. The van der Waals surface area contributed by atoms with Crippen molar-refractivity contribution in [2.45, 2.75) is 19.9 Å². The molecule has 22 heavy (non-hydrogen) atoms. The minimum Gasteiger partial charge on any atom is -0.507 e. The summed E-state index contributed by atoms with van der Waals surface area (Å²) in [5.41, 5.74) is 3.93. The van der Waals surface area contributed by atoms with Gasteiger partial charge in [0.05, 0.1) is 17.3 Å². The van der Waals surface area contributed by atoms with Crippen LogP contribution in [0.5, 0.6) is 5.75 Å². The van der Waals surface area contributed by atoms with Crippen molar-refractivity contribution in [3.05, 3.63) is 39.2 Å². The molecule has 2 aromatic rings. The van der Waals surface area contributed by atoms with E-state index in [0.29, 0.717) is 18.5 Å². The minimum atomic E-state index is -0.422. The van der Waals surface area contributed by atoms with E-state index >= 15 is 0 Å². The first-order valence-electron chi connectivity index (χ1n) is 6.89. The van der Waals surface area contributed by atoms with Crippen molar-refractivity contribution in [1.82, 2.24) is 10.7 Å². The van der Waals surface area contributed by atoms with E-state index in [1.165, 1.54) is 19.2 Å². The first-order chi connectivity index (χ1) is 10.6. The van der Waals surface area contributed by atoms with Gasteiger partial charge in [-0.05, 0) is 30.7 Å². The van der Waals surface area contributed by atoms with Crippen LogP contribution in [0.2, 0.25) is 0 Å². The molecule has 2 heterocycles. The zero-order valence-corrected chi connectivity index (χ0v) is 12.0. The minimum absolute atomic E-state index is 0.0707. The standard InChI is InChI=1S/C15H15N3O4/c1-8(19)18-17-7-12-13(20)3-2-10-9-4-5-16-6-11(9)15(21)22-14(10)12/h2-3,7,16,20H,4-6H2,1H3,(H,18,19)/b17-7+. The Morgan fingerprint density at radius 2 is 2.27 bits per heavy atom. The molecule has 1 aliphatic heterocycles. The Labute approximate surface area is 125 Å². The number of amides is 1. The number of nitrogens with zero attached hydrogens (tertiary/aromatic N) is 1. The number of hydrogen-bond donors (Lipinski definition) is 3. The summed E-state index contributed by atoms with van der Waals surface area (Å²) in [6.07, 6.45) is 1.99. The molecule has 7 nitrogen and oxygen atoms in total. The predicted octanol–water partition coefficient (Wildman–Crippen LogP) is 0.614. The quantitative estimate of drug-likeness (QED) is 0.428. The molecule has 0 atom stereocenters. The van der Waals surface area contributed by atoms with Gasteiger partial charge in [-0.1, -0.05) is 0 Å². The highest BCUT2D eigenvalue weighted by atomic mass is 16.4. The van der Waals surface area contributed by atoms with Gasteiger partial charge in [0, 0.05) is 18.9 Å². The van der Waals surface area contributed by atoms with E-state index in [0.717, 1.165) is 17.5 Å². The Balaban J connectivity index is 2.22. The smallest absolute Gasteiger partial charge is 0.341 e. The van der Waals surface area contributed by atoms with Crippen molar-refractivity contribution in [3.8, 4) is 5.75 Å². The summed E-state index contributed by atoms with van der Waals surface area (Å²) in [5.74, 6) is -0.403. The van der Waals surface area contributed by atoms with E-state index in [9.17, 15) is 14.7 Å². The molecule has 0 unspecified atom stereocenters. The van der Waals surface area contributed by atoms with Crippen LogP contribution in [0.3, 0.4) is 0 Å². The van der Waals surface area contributed by atoms with Crippen molar-refractivity contribution in [2.24, 2.45) is 5.10 Å². The number of phenols is 1. The van der Waals surface area contributed by atoms with Crippen molar-refractivity contribution in [3.63, 3.8) is 0 Å². The molecule has 114 valence electrons. The summed E-state index contributed by atoms with van der Waals surface area (Å²) in [6, 6.07) is 3.26. The van der Waals surface area contributed by atoms with Gasteiger partial charge in [0.15, 0.2) is 5.58 Å². The number of phenolic OH excluding ortho intramolecular Hbond substituents is 1. The fourth-order valence-corrected chi connectivity index (χ4v) is 2.58. The van der Waals surface area contributed by atoms with Crippen molar-refractivity contribution >= 4 is 23.1 Å². The lowest BCUT2D eigenvalue weighted by Gasteiger charge is -2.18. The molecule has 0 bridgehead atoms. The topological polar surface area (TPSA) is 104 Å². The monoisotopic (exact) mass is 301 g/mol. The summed E-state index contributed by atoms with van der Waals surface area (Å²) in [7, 11) is 0. The molecule has 7 heteroatoms. The van der Waals surface area contributed by atoms with E-state index < -0.39 is 5.63 Å². The zero-order valence-electron chi connectivity index (χ0n) is 12.0. The van der Waals surface area contributed by atoms with Gasteiger partial charge in [-0.15, -0.1) is 0 Å². The molecule has 3 N–H and O–H groups in total. The lowest BCUT2D eigenvalue weighted by molar-refractivity contribution is -0.118. The lowest BCUT2D eigenvalue weighted by atomic mass is 9.97. The maximum atomic E-state index is 12.1. The lowest BCUT2D eigenvalue weighted by Crippen LogP contribution is -2.29. The normalized spacial score (nSPS) is 14.2. The highest BCUT2D eigenvalue weighted by Gasteiger charge is 2.20. The van der Waals surface area contributed by atoms with Crippen LogP contribution in [-0.2, 0) is 17.8 Å². The number of nitrogens with one attached hydrogen (secondary N) is 2. The van der Waals surface area contributed by atoms with Gasteiger partial charge in [-0.3, -0.25) is 4.79 Å². The molecule has 3 rings (SSSR count). The van der Waals surface area contributed by atoms with Gasteiger partial charge in [-0.2, -0.15) is 5.10 Å². The fourth-order valence-electron chi connectivity index (χ4n) is 2.58. The molecular formula is C15H15N3O4. The highest BCUT2D eigenvalue weighted by Crippen LogP contribution is 2.29. The van der Waals surface area contributed by atoms with Crippen molar-refractivity contribution in [2.75, 3.05) is 6.54 Å². The van der Waals surface area contributed by atoms with Crippen LogP contribution >= 0.6 is 0 Å². The Morgan fingerprint density at radius 3 is 3.05 bits per heavy atom. The van der Waals surface area contributed by atoms with Crippen LogP contribution in [0.25, 0.3) is 11.0 Å². The van der Waals surface area contributed by atoms with Gasteiger partial charge < -0.3 is 14.8 Å². The molecule has 0 saturated carbocycles. The molecule has 1 aromatic carbocycles. The summed E-state index contributed by atoms with van der Waals surface area (Å²) in [4.78, 5) is 23.0. The second-order valence-corrected chi connectivity index (χ2v) is 5.07. The number of benzene rings is 1. The van der Waals surface area contributed by atoms with E-state index in [2.05, 4.69) is 15.8 Å². The van der Waals surface area contributed by atoms with Crippen LogP contribution in [0.4, 0.5) is 0 Å². The summed E-state index contributed by atoms with van der Waals surface area (Å²) >= 11 is 0. The van der Waals surface area contributed by atoms with Crippen LogP contribution < -0.4 is 16.4 Å². The van der Waals surface area contributed by atoms with Crippen LogP contribution in [0.15, 0.2) is 26.4 Å². The van der Waals surface area contributed by atoms with Crippen LogP contribution in [-0.4, -0.2) is 23.8 Å². The molecule has 0 fully saturated rings. The van der Waals surface area contributed by atoms with E-state index in [-0.39, 0.29) is 22.8 Å². The number of hydrogen-bond acceptors (Lipinski definition) is 6. The number of rotatable bonds is 2. The highest BCUT2D eigenvalue weighted by molar-refractivity contribution is 6.00. The maximum Gasteiger partial charge on any atom is 0.341 e. The van der Waals surface area contributed by atoms with Gasteiger partial charge in [0.2, 0.25) is 5.91 Å². The first kappa shape index (κ1) is 14.3. The Hall–Kier alpha value is -2.67. The first-order valence-corrected chi connectivity index (χ1v) is 6.89. The van der Waals surface area contributed by atoms with Gasteiger partial charge in [0.1, 0.15) is 5.75 Å².